The van der Waals surface area contributed by atoms with Crippen LogP contribution in [0, 0.1) is 0 Å². The second-order valence-electron chi connectivity index (χ2n) is 9.06. The van der Waals surface area contributed by atoms with Crippen molar-refractivity contribution in [1.82, 2.24) is 4.90 Å². The van der Waals surface area contributed by atoms with Gasteiger partial charge < -0.3 is 4.74 Å². The minimum Gasteiger partial charge on any atom is -0.443 e. The molecule has 1 heterocycles. The zero-order valence-corrected chi connectivity index (χ0v) is 19.6. The number of hydrogen-bond donors (Lipinski definition) is 0. The zero-order chi connectivity index (χ0) is 23.7. The molecular formula is C25H34N2O5. The van der Waals surface area contributed by atoms with Gasteiger partial charge in [-0.2, -0.15) is 0 Å². The summed E-state index contributed by atoms with van der Waals surface area (Å²) in [5.41, 5.74) is -0.922. The summed E-state index contributed by atoms with van der Waals surface area (Å²) < 4.78 is 5.35. The molecule has 0 saturated carbocycles. The number of ether oxygens (including phenoxy) is 1. The monoisotopic (exact) mass is 442 g/mol. The Morgan fingerprint density at radius 3 is 2.25 bits per heavy atom. The number of unbranched alkanes of at least 4 members (excludes halogenated alkanes) is 6. The first-order chi connectivity index (χ1) is 15.1. The summed E-state index contributed by atoms with van der Waals surface area (Å²) >= 11 is 0. The van der Waals surface area contributed by atoms with E-state index in [1.165, 1.54) is 19.3 Å². The van der Waals surface area contributed by atoms with E-state index in [0.717, 1.165) is 24.2 Å². The topological polar surface area (TPSA) is 93.1 Å². The number of carbonyl (C=O) groups is 4. The molecule has 0 aromatic heterocycles. The highest BCUT2D eigenvalue weighted by atomic mass is 16.6. The van der Waals surface area contributed by atoms with Crippen molar-refractivity contribution in [2.45, 2.75) is 84.7 Å². The molecule has 0 fully saturated rings. The summed E-state index contributed by atoms with van der Waals surface area (Å²) in [6.45, 7) is 6.69. The van der Waals surface area contributed by atoms with Gasteiger partial charge in [-0.1, -0.05) is 63.6 Å². The van der Waals surface area contributed by atoms with E-state index in [1.807, 2.05) is 0 Å². The molecule has 0 spiro atoms. The number of carbonyl (C=O) groups excluding carboxylic acids is 4. The molecule has 1 aromatic carbocycles. The number of amides is 3. The van der Waals surface area contributed by atoms with Gasteiger partial charge in [0.2, 0.25) is 5.91 Å². The van der Waals surface area contributed by atoms with E-state index >= 15 is 0 Å². The number of benzene rings is 1. The molecule has 0 radical (unpaired) electrons. The highest BCUT2D eigenvalue weighted by Crippen LogP contribution is 2.15. The van der Waals surface area contributed by atoms with Crippen LogP contribution in [0.1, 0.15) is 79.1 Å². The van der Waals surface area contributed by atoms with E-state index in [0.29, 0.717) is 17.0 Å². The fourth-order valence-electron chi connectivity index (χ4n) is 3.50. The maximum absolute atomic E-state index is 13.0. The van der Waals surface area contributed by atoms with Gasteiger partial charge >= 0.3 is 6.09 Å². The molecule has 1 aliphatic rings. The van der Waals surface area contributed by atoms with Crippen molar-refractivity contribution in [2.75, 3.05) is 6.54 Å². The molecule has 0 unspecified atom stereocenters. The van der Waals surface area contributed by atoms with E-state index in [-0.39, 0.29) is 12.0 Å². The van der Waals surface area contributed by atoms with Crippen LogP contribution < -0.4 is 10.6 Å². The molecule has 1 aliphatic heterocycles. The lowest BCUT2D eigenvalue weighted by Gasteiger charge is -2.26. The van der Waals surface area contributed by atoms with Crippen molar-refractivity contribution in [3.05, 3.63) is 34.8 Å². The summed E-state index contributed by atoms with van der Waals surface area (Å²) in [6.07, 6.45) is 6.50. The quantitative estimate of drug-likeness (QED) is 0.489. The first kappa shape index (κ1) is 25.4. The average Bonchev–Trinajstić information content (AvgIpc) is 3.05. The molecule has 7 heteroatoms. The maximum atomic E-state index is 13.0. The van der Waals surface area contributed by atoms with Gasteiger partial charge in [0.05, 0.1) is 17.5 Å². The summed E-state index contributed by atoms with van der Waals surface area (Å²) in [4.78, 5) is 55.5. The first-order valence-corrected chi connectivity index (χ1v) is 11.4. The first-order valence-electron chi connectivity index (χ1n) is 11.4. The van der Waals surface area contributed by atoms with Crippen LogP contribution in [0.5, 0.6) is 0 Å². The molecule has 0 aliphatic carbocycles. The number of para-hydroxylation sites is 1. The van der Waals surface area contributed by atoms with Crippen molar-refractivity contribution >= 4 is 29.3 Å². The predicted molar refractivity (Wildman–Crippen MR) is 121 cm³/mol. The van der Waals surface area contributed by atoms with Crippen molar-refractivity contribution in [1.29, 1.82) is 0 Å². The second kappa shape index (κ2) is 11.7. The zero-order valence-electron chi connectivity index (χ0n) is 19.6. The fourth-order valence-corrected chi connectivity index (χ4v) is 3.50. The van der Waals surface area contributed by atoms with Gasteiger partial charge in [0.1, 0.15) is 5.60 Å². The number of rotatable bonds is 11. The smallest absolute Gasteiger partial charge is 0.417 e. The Kier molecular flexibility index (Phi) is 9.29. The lowest BCUT2D eigenvalue weighted by atomic mass is 10.1. The van der Waals surface area contributed by atoms with Gasteiger partial charge in [-0.05, 0) is 33.3 Å². The Morgan fingerprint density at radius 1 is 0.969 bits per heavy atom. The van der Waals surface area contributed by atoms with Gasteiger partial charge in [0.15, 0.2) is 5.78 Å². The Bertz CT molecular complexity index is 975. The molecule has 3 amide bonds. The third-order valence-electron chi connectivity index (χ3n) is 5.10. The Morgan fingerprint density at radius 2 is 1.59 bits per heavy atom. The Hall–Kier alpha value is -2.83. The summed E-state index contributed by atoms with van der Waals surface area (Å²) in [5.74, 6) is -1.75. The van der Waals surface area contributed by atoms with Crippen LogP contribution in [0.3, 0.4) is 0 Å². The molecule has 32 heavy (non-hydrogen) atoms. The number of Topliss-reactive ketones (excluding diaryl/α,β-unsaturated/α-hetero) is 1. The average molecular weight is 443 g/mol. The molecule has 174 valence electrons. The molecule has 0 bridgehead atoms. The number of imide groups is 1. The van der Waals surface area contributed by atoms with Gasteiger partial charge in [0.25, 0.3) is 5.91 Å². The summed E-state index contributed by atoms with van der Waals surface area (Å²) in [7, 11) is 0. The highest BCUT2D eigenvalue weighted by molar-refractivity contribution is 6.42. The minimum atomic E-state index is -0.880. The van der Waals surface area contributed by atoms with Crippen molar-refractivity contribution in [2.24, 2.45) is 4.99 Å². The summed E-state index contributed by atoms with van der Waals surface area (Å²) in [6, 6.07) is 6.71. The number of fused-ring (bicyclic) bond motifs is 1. The van der Waals surface area contributed by atoms with Crippen molar-refractivity contribution in [3.8, 4) is 0 Å². The standard InChI is InChI=1S/C25H34N2O5/c1-5-6-7-8-9-10-11-16-21(29)27(24(31)32-25(2,3)4)17-20(28)22-18-14-12-13-15-19(18)26-23(22)30/h12-15H,5-11,16-17H2,1-4H3. The van der Waals surface area contributed by atoms with Crippen LogP contribution in [0.4, 0.5) is 4.79 Å². The normalized spacial score (nSPS) is 12.9. The highest BCUT2D eigenvalue weighted by Gasteiger charge is 2.32. The fraction of sp³-hybridized carbons (Fsp3) is 0.560. The van der Waals surface area contributed by atoms with Gasteiger partial charge in [-0.3, -0.25) is 14.4 Å². The number of ketones is 1. The number of nitrogens with zero attached hydrogens (tertiary/aromatic N) is 2. The van der Waals surface area contributed by atoms with E-state index in [1.54, 1.807) is 45.0 Å². The summed E-state index contributed by atoms with van der Waals surface area (Å²) in [5, 5.41) is 0.838. The maximum Gasteiger partial charge on any atom is 0.417 e. The van der Waals surface area contributed by atoms with Crippen LogP contribution in [-0.2, 0) is 19.1 Å². The Labute approximate surface area is 189 Å². The van der Waals surface area contributed by atoms with Gasteiger partial charge in [-0.25, -0.2) is 14.7 Å². The molecule has 7 nitrogen and oxygen atoms in total. The largest absolute Gasteiger partial charge is 0.443 e. The Balaban J connectivity index is 2.10. The molecule has 1 aromatic rings. The van der Waals surface area contributed by atoms with Crippen LogP contribution in [0.25, 0.3) is 5.57 Å². The SMILES string of the molecule is CCCCCCCCCC(=O)N(CC(=O)C1=c2ccccc2=NC1=O)C(=O)OC(C)(C)C. The van der Waals surface area contributed by atoms with Crippen molar-refractivity contribution < 1.29 is 23.9 Å². The predicted octanol–water partition coefficient (Wildman–Crippen LogP) is 3.47. The lowest BCUT2D eigenvalue weighted by Crippen LogP contribution is -2.44. The van der Waals surface area contributed by atoms with E-state index in [4.69, 9.17) is 4.74 Å². The van der Waals surface area contributed by atoms with E-state index in [2.05, 4.69) is 11.9 Å². The van der Waals surface area contributed by atoms with Crippen LogP contribution in [-0.4, -0.2) is 40.7 Å². The minimum absolute atomic E-state index is 0.0992. The molecular weight excluding hydrogens is 408 g/mol. The second-order valence-corrected chi connectivity index (χ2v) is 9.06. The molecule has 0 atom stereocenters. The van der Waals surface area contributed by atoms with Crippen LogP contribution in [0.2, 0.25) is 0 Å². The molecule has 2 rings (SSSR count). The van der Waals surface area contributed by atoms with E-state index in [9.17, 15) is 19.2 Å². The molecule has 0 N–H and O–H groups in total. The van der Waals surface area contributed by atoms with Crippen LogP contribution in [0.15, 0.2) is 29.3 Å². The third-order valence-corrected chi connectivity index (χ3v) is 5.10. The van der Waals surface area contributed by atoms with Crippen molar-refractivity contribution in [3.63, 3.8) is 0 Å². The lowest BCUT2D eigenvalue weighted by molar-refractivity contribution is -0.133. The third kappa shape index (κ3) is 7.39. The van der Waals surface area contributed by atoms with Gasteiger partial charge in [0, 0.05) is 11.6 Å². The van der Waals surface area contributed by atoms with Crippen LogP contribution >= 0.6 is 0 Å². The van der Waals surface area contributed by atoms with E-state index < -0.39 is 35.8 Å². The molecule has 0 saturated heterocycles. The number of hydrogen-bond acceptors (Lipinski definition) is 5. The van der Waals surface area contributed by atoms with Gasteiger partial charge in [-0.15, -0.1) is 0 Å².